The minimum atomic E-state index is -0.212. The molecule has 0 aliphatic carbocycles. The second-order valence-corrected chi connectivity index (χ2v) is 6.65. The number of aromatic nitrogens is 2. The number of ether oxygens (including phenoxy) is 2. The number of carbonyl (C=O) groups is 1. The maximum Gasteiger partial charge on any atom is 0.271 e. The molecule has 7 heteroatoms. The van der Waals surface area contributed by atoms with Gasteiger partial charge in [-0.25, -0.2) is 4.98 Å². The number of nitrogens with zero attached hydrogens (tertiary/aromatic N) is 2. The molecule has 0 fully saturated rings. The maximum absolute atomic E-state index is 12.3. The number of benzene rings is 1. The molecule has 0 aliphatic heterocycles. The summed E-state index contributed by atoms with van der Waals surface area (Å²) in [6.45, 7) is 3.10. The zero-order chi connectivity index (χ0) is 19.1. The number of amides is 1. The second-order valence-electron chi connectivity index (χ2n) is 5.80. The molecule has 0 unspecified atom stereocenters. The Morgan fingerprint density at radius 1 is 1.26 bits per heavy atom. The third kappa shape index (κ3) is 4.83. The molecule has 1 aromatic carbocycles. The number of rotatable bonds is 8. The normalized spacial score (nSPS) is 10.4. The van der Waals surface area contributed by atoms with Gasteiger partial charge in [-0.2, -0.15) is 0 Å². The van der Waals surface area contributed by atoms with Crippen molar-refractivity contribution in [2.75, 3.05) is 13.7 Å². The summed E-state index contributed by atoms with van der Waals surface area (Å²) in [6, 6.07) is 9.41. The van der Waals surface area contributed by atoms with Crippen molar-refractivity contribution in [3.63, 3.8) is 0 Å². The molecule has 6 nitrogen and oxygen atoms in total. The van der Waals surface area contributed by atoms with E-state index in [-0.39, 0.29) is 5.91 Å². The maximum atomic E-state index is 12.3. The number of methoxy groups -OCH3 is 1. The summed E-state index contributed by atoms with van der Waals surface area (Å²) >= 11 is 1.41. The third-order valence-electron chi connectivity index (χ3n) is 3.78. The molecule has 0 bridgehead atoms. The molecule has 2 aromatic heterocycles. The highest BCUT2D eigenvalue weighted by Crippen LogP contribution is 2.33. The van der Waals surface area contributed by atoms with E-state index in [0.29, 0.717) is 30.3 Å². The van der Waals surface area contributed by atoms with Gasteiger partial charge in [0.2, 0.25) is 0 Å². The fraction of sp³-hybridized carbons (Fsp3) is 0.250. The molecule has 0 saturated heterocycles. The van der Waals surface area contributed by atoms with E-state index in [9.17, 15) is 4.79 Å². The summed E-state index contributed by atoms with van der Waals surface area (Å²) in [5, 5.41) is 5.36. The molecule has 27 heavy (non-hydrogen) atoms. The van der Waals surface area contributed by atoms with Gasteiger partial charge in [-0.15, -0.1) is 11.3 Å². The minimum absolute atomic E-state index is 0.212. The van der Waals surface area contributed by atoms with E-state index in [0.717, 1.165) is 22.6 Å². The Kier molecular flexibility index (Phi) is 6.38. The first-order chi connectivity index (χ1) is 13.2. The van der Waals surface area contributed by atoms with E-state index in [1.54, 1.807) is 24.9 Å². The molecule has 140 valence electrons. The Bertz CT molecular complexity index is 896. The average Bonchev–Trinajstić information content (AvgIpc) is 3.21. The van der Waals surface area contributed by atoms with Crippen LogP contribution in [0, 0.1) is 0 Å². The molecular weight excluding hydrogens is 362 g/mol. The number of hydrogen-bond acceptors (Lipinski definition) is 6. The molecule has 2 heterocycles. The number of pyridine rings is 1. The first-order valence-corrected chi connectivity index (χ1v) is 9.53. The van der Waals surface area contributed by atoms with Gasteiger partial charge in [0.15, 0.2) is 11.5 Å². The van der Waals surface area contributed by atoms with Crippen molar-refractivity contribution < 1.29 is 14.3 Å². The third-order valence-corrected chi connectivity index (χ3v) is 4.68. The average molecular weight is 383 g/mol. The van der Waals surface area contributed by atoms with Crippen molar-refractivity contribution in [2.45, 2.75) is 19.9 Å². The van der Waals surface area contributed by atoms with Gasteiger partial charge < -0.3 is 14.8 Å². The van der Waals surface area contributed by atoms with Crippen LogP contribution in [0.25, 0.3) is 10.6 Å². The molecule has 3 rings (SSSR count). The lowest BCUT2D eigenvalue weighted by Crippen LogP contribution is -2.23. The molecule has 1 N–H and O–H groups in total. The van der Waals surface area contributed by atoms with Crippen LogP contribution in [0.4, 0.5) is 0 Å². The van der Waals surface area contributed by atoms with E-state index in [4.69, 9.17) is 9.47 Å². The van der Waals surface area contributed by atoms with Gasteiger partial charge in [0, 0.05) is 29.9 Å². The van der Waals surface area contributed by atoms with E-state index < -0.39 is 0 Å². The number of nitrogens with one attached hydrogen (secondary N) is 1. The van der Waals surface area contributed by atoms with Crippen LogP contribution < -0.4 is 14.8 Å². The monoisotopic (exact) mass is 383 g/mol. The smallest absolute Gasteiger partial charge is 0.271 e. The molecule has 0 spiro atoms. The van der Waals surface area contributed by atoms with Gasteiger partial charge >= 0.3 is 0 Å². The Labute approximate surface area is 162 Å². The first-order valence-electron chi connectivity index (χ1n) is 8.65. The van der Waals surface area contributed by atoms with E-state index in [2.05, 4.69) is 22.2 Å². The van der Waals surface area contributed by atoms with Crippen LogP contribution in [-0.2, 0) is 6.54 Å². The van der Waals surface area contributed by atoms with Gasteiger partial charge in [0.05, 0.1) is 13.7 Å². The van der Waals surface area contributed by atoms with E-state index in [1.807, 2.05) is 30.3 Å². The van der Waals surface area contributed by atoms with Crippen LogP contribution >= 0.6 is 11.3 Å². The van der Waals surface area contributed by atoms with E-state index in [1.165, 1.54) is 11.3 Å². The molecular formula is C20H21N3O3S. The second kappa shape index (κ2) is 9.14. The lowest BCUT2D eigenvalue weighted by molar-refractivity contribution is 0.0946. The van der Waals surface area contributed by atoms with Crippen LogP contribution in [-0.4, -0.2) is 29.6 Å². The van der Waals surface area contributed by atoms with Crippen LogP contribution in [0.1, 0.15) is 29.4 Å². The molecule has 0 atom stereocenters. The predicted molar refractivity (Wildman–Crippen MR) is 105 cm³/mol. The van der Waals surface area contributed by atoms with Crippen molar-refractivity contribution in [1.82, 2.24) is 15.3 Å². The highest BCUT2D eigenvalue weighted by atomic mass is 32.1. The number of thiazole rings is 1. The van der Waals surface area contributed by atoms with Crippen LogP contribution in [0.15, 0.2) is 48.1 Å². The fourth-order valence-electron chi connectivity index (χ4n) is 2.42. The Hall–Kier alpha value is -2.93. The summed E-state index contributed by atoms with van der Waals surface area (Å²) in [7, 11) is 1.61. The largest absolute Gasteiger partial charge is 0.493 e. The number of carbonyl (C=O) groups excluding carboxylic acids is 1. The minimum Gasteiger partial charge on any atom is -0.493 e. The summed E-state index contributed by atoms with van der Waals surface area (Å²) in [5.74, 6) is 1.14. The first kappa shape index (κ1) is 18.8. The Morgan fingerprint density at radius 3 is 2.89 bits per heavy atom. The zero-order valence-corrected chi connectivity index (χ0v) is 16.1. The van der Waals surface area contributed by atoms with Crippen LogP contribution in [0.2, 0.25) is 0 Å². The van der Waals surface area contributed by atoms with Gasteiger partial charge in [0.25, 0.3) is 5.91 Å². The summed E-state index contributed by atoms with van der Waals surface area (Å²) in [6.07, 6.45) is 4.35. The summed E-state index contributed by atoms with van der Waals surface area (Å²) in [5.41, 5.74) is 2.21. The topological polar surface area (TPSA) is 73.3 Å². The molecule has 0 radical (unpaired) electrons. The molecule has 0 aliphatic rings. The van der Waals surface area contributed by atoms with Gasteiger partial charge in [-0.3, -0.25) is 9.78 Å². The van der Waals surface area contributed by atoms with Gasteiger partial charge in [-0.1, -0.05) is 13.0 Å². The van der Waals surface area contributed by atoms with Crippen molar-refractivity contribution >= 4 is 17.2 Å². The standard InChI is InChI=1S/C20H21N3O3S/c1-3-9-26-17-7-6-15(10-18(17)25-2)20-23-16(13-27-20)19(24)22-12-14-5-4-8-21-11-14/h4-8,10-11,13H,3,9,12H2,1-2H3,(H,22,24). The van der Waals surface area contributed by atoms with Crippen molar-refractivity contribution in [3.05, 3.63) is 59.4 Å². The zero-order valence-electron chi connectivity index (χ0n) is 15.3. The molecule has 3 aromatic rings. The highest BCUT2D eigenvalue weighted by molar-refractivity contribution is 7.13. The lowest BCUT2D eigenvalue weighted by atomic mass is 10.2. The fourth-order valence-corrected chi connectivity index (χ4v) is 3.22. The Morgan fingerprint density at radius 2 is 2.15 bits per heavy atom. The van der Waals surface area contributed by atoms with Crippen molar-refractivity contribution in [3.8, 4) is 22.1 Å². The molecule has 0 saturated carbocycles. The lowest BCUT2D eigenvalue weighted by Gasteiger charge is -2.10. The van der Waals surface area contributed by atoms with E-state index >= 15 is 0 Å². The molecule has 1 amide bonds. The van der Waals surface area contributed by atoms with Crippen molar-refractivity contribution in [1.29, 1.82) is 0 Å². The predicted octanol–water partition coefficient (Wildman–Crippen LogP) is 3.93. The van der Waals surface area contributed by atoms with Gasteiger partial charge in [-0.05, 0) is 36.2 Å². The SMILES string of the molecule is CCCOc1ccc(-c2nc(C(=O)NCc3cccnc3)cs2)cc1OC. The summed E-state index contributed by atoms with van der Waals surface area (Å²) in [4.78, 5) is 20.8. The van der Waals surface area contributed by atoms with Crippen LogP contribution in [0.3, 0.4) is 0 Å². The van der Waals surface area contributed by atoms with Crippen LogP contribution in [0.5, 0.6) is 11.5 Å². The van der Waals surface area contributed by atoms with Crippen molar-refractivity contribution in [2.24, 2.45) is 0 Å². The number of hydrogen-bond donors (Lipinski definition) is 1. The van der Waals surface area contributed by atoms with Gasteiger partial charge in [0.1, 0.15) is 10.7 Å². The highest BCUT2D eigenvalue weighted by Gasteiger charge is 2.14. The summed E-state index contributed by atoms with van der Waals surface area (Å²) < 4.78 is 11.1. The Balaban J connectivity index is 1.70. The quantitative estimate of drug-likeness (QED) is 0.638.